The van der Waals surface area contributed by atoms with Gasteiger partial charge in [-0.15, -0.1) is 0 Å². The molecule has 24 heavy (non-hydrogen) atoms. The van der Waals surface area contributed by atoms with Crippen molar-refractivity contribution in [1.82, 2.24) is 0 Å². The number of fused-ring (bicyclic) bond motifs is 3. The molecule has 0 amide bonds. The molecule has 1 saturated carbocycles. The van der Waals surface area contributed by atoms with Gasteiger partial charge in [0.15, 0.2) is 0 Å². The second kappa shape index (κ2) is 5.72. The van der Waals surface area contributed by atoms with Gasteiger partial charge in [-0.3, -0.25) is 4.79 Å². The van der Waals surface area contributed by atoms with Crippen LogP contribution in [-0.2, 0) is 9.53 Å². The van der Waals surface area contributed by atoms with Crippen LogP contribution in [0.3, 0.4) is 0 Å². The van der Waals surface area contributed by atoms with Gasteiger partial charge < -0.3 is 9.84 Å². The van der Waals surface area contributed by atoms with E-state index in [4.69, 9.17) is 4.74 Å². The number of hydrogen-bond acceptors (Lipinski definition) is 3. The monoisotopic (exact) mass is 332 g/mol. The minimum absolute atomic E-state index is 0.118. The second-order valence-corrected chi connectivity index (χ2v) is 8.86. The fourth-order valence-electron chi connectivity index (χ4n) is 5.77. The van der Waals surface area contributed by atoms with Crippen molar-refractivity contribution in [3.63, 3.8) is 0 Å². The Morgan fingerprint density at radius 1 is 1.29 bits per heavy atom. The summed E-state index contributed by atoms with van der Waals surface area (Å²) < 4.78 is 5.15. The summed E-state index contributed by atoms with van der Waals surface area (Å²) in [5.41, 5.74) is 0.938. The predicted molar refractivity (Wildman–Crippen MR) is 95.4 cm³/mol. The fraction of sp³-hybridized carbons (Fsp3) is 0.762. The third kappa shape index (κ3) is 2.23. The summed E-state index contributed by atoms with van der Waals surface area (Å²) in [7, 11) is 1.48. The Morgan fingerprint density at radius 2 is 2.00 bits per heavy atom. The van der Waals surface area contributed by atoms with E-state index in [0.29, 0.717) is 5.92 Å². The Hall–Kier alpha value is -1.09. The molecule has 1 N–H and O–H groups in total. The van der Waals surface area contributed by atoms with E-state index in [2.05, 4.69) is 32.9 Å². The largest absolute Gasteiger partial charge is 0.469 e. The number of rotatable bonds is 2. The van der Waals surface area contributed by atoms with Gasteiger partial charge in [0.1, 0.15) is 0 Å². The zero-order chi connectivity index (χ0) is 17.8. The van der Waals surface area contributed by atoms with Crippen LogP contribution in [0.1, 0.15) is 66.2 Å². The number of methoxy groups -OCH3 is 1. The number of aliphatic hydroxyl groups is 1. The smallest absolute Gasteiger partial charge is 0.311 e. The van der Waals surface area contributed by atoms with Crippen LogP contribution in [0.2, 0.25) is 0 Å². The maximum Gasteiger partial charge on any atom is 0.311 e. The Morgan fingerprint density at radius 3 is 2.62 bits per heavy atom. The lowest BCUT2D eigenvalue weighted by Gasteiger charge is -2.61. The lowest BCUT2D eigenvalue weighted by atomic mass is 9.45. The molecule has 3 aliphatic carbocycles. The highest BCUT2D eigenvalue weighted by molar-refractivity contribution is 5.77. The first-order valence-electron chi connectivity index (χ1n) is 9.41. The molecule has 0 bridgehead atoms. The number of hydrogen-bond donors (Lipinski definition) is 1. The molecule has 0 heterocycles. The highest BCUT2D eigenvalue weighted by Gasteiger charge is 2.63. The van der Waals surface area contributed by atoms with Crippen molar-refractivity contribution < 1.29 is 14.6 Å². The molecule has 0 saturated heterocycles. The lowest BCUT2D eigenvalue weighted by Crippen LogP contribution is -2.61. The Kier molecular flexibility index (Phi) is 4.23. The van der Waals surface area contributed by atoms with Crippen molar-refractivity contribution >= 4 is 5.97 Å². The van der Waals surface area contributed by atoms with Crippen molar-refractivity contribution in [2.75, 3.05) is 7.11 Å². The molecular formula is C21H32O3. The average Bonchev–Trinajstić information content (AvgIpc) is 2.54. The van der Waals surface area contributed by atoms with Crippen molar-refractivity contribution in [2.45, 2.75) is 71.8 Å². The summed E-state index contributed by atoms with van der Waals surface area (Å²) in [4.78, 5) is 12.6. The van der Waals surface area contributed by atoms with E-state index in [-0.39, 0.29) is 17.3 Å². The molecule has 0 radical (unpaired) electrons. The molecule has 0 aromatic carbocycles. The summed E-state index contributed by atoms with van der Waals surface area (Å²) in [5, 5.41) is 11.8. The van der Waals surface area contributed by atoms with Crippen LogP contribution in [0.4, 0.5) is 0 Å². The molecule has 1 fully saturated rings. The zero-order valence-corrected chi connectivity index (χ0v) is 15.8. The Labute approximate surface area is 146 Å². The molecule has 3 aliphatic rings. The molecule has 3 rings (SSSR count). The number of carbonyl (C=O) groups excluding carboxylic acids is 1. The first-order chi connectivity index (χ1) is 11.2. The number of carbonyl (C=O) groups is 1. The van der Waals surface area contributed by atoms with Crippen LogP contribution < -0.4 is 0 Å². The fourth-order valence-corrected chi connectivity index (χ4v) is 5.77. The van der Waals surface area contributed by atoms with E-state index in [1.54, 1.807) is 0 Å². The van der Waals surface area contributed by atoms with Gasteiger partial charge >= 0.3 is 5.97 Å². The molecule has 0 aromatic rings. The van der Waals surface area contributed by atoms with Gasteiger partial charge in [-0.1, -0.05) is 44.9 Å². The van der Waals surface area contributed by atoms with Gasteiger partial charge in [0.2, 0.25) is 0 Å². The molecule has 0 spiro atoms. The summed E-state index contributed by atoms with van der Waals surface area (Å²) in [6, 6.07) is 0. The Bertz CT molecular complexity index is 602. The lowest BCUT2D eigenvalue weighted by molar-refractivity contribution is -0.182. The van der Waals surface area contributed by atoms with Crippen LogP contribution >= 0.6 is 0 Å². The maximum absolute atomic E-state index is 12.6. The van der Waals surface area contributed by atoms with Gasteiger partial charge in [-0.2, -0.15) is 0 Å². The van der Waals surface area contributed by atoms with Crippen molar-refractivity contribution in [2.24, 2.45) is 22.7 Å². The minimum Gasteiger partial charge on any atom is -0.469 e. The van der Waals surface area contributed by atoms with Gasteiger partial charge in [0.05, 0.1) is 18.1 Å². The quantitative estimate of drug-likeness (QED) is 0.762. The topological polar surface area (TPSA) is 46.5 Å². The van der Waals surface area contributed by atoms with Crippen LogP contribution in [0.15, 0.2) is 23.3 Å². The molecular weight excluding hydrogens is 300 g/mol. The normalized spacial score (nSPS) is 41.9. The minimum atomic E-state index is -0.815. The standard InChI is InChI=1S/C21H32O3/c1-14(2)15-9-12-21(23)16(13-15)7-8-17-19(3,18(22)24-5)10-6-11-20(17,21)4/h7,13-14,17,23H,6,8-12H2,1-5H3/t17?,19-,20+,21-/m1/s1. The maximum atomic E-state index is 12.6. The summed E-state index contributed by atoms with van der Waals surface area (Å²) in [6.45, 7) is 8.69. The van der Waals surface area contributed by atoms with Crippen molar-refractivity contribution in [3.8, 4) is 0 Å². The average molecular weight is 332 g/mol. The molecule has 4 atom stereocenters. The molecule has 0 aliphatic heterocycles. The first kappa shape index (κ1) is 17.7. The molecule has 3 heteroatoms. The van der Waals surface area contributed by atoms with Gasteiger partial charge in [-0.05, 0) is 56.4 Å². The molecule has 134 valence electrons. The zero-order valence-electron chi connectivity index (χ0n) is 15.8. The van der Waals surface area contributed by atoms with E-state index < -0.39 is 11.0 Å². The summed E-state index contributed by atoms with van der Waals surface area (Å²) in [6.07, 6.45) is 9.79. The van der Waals surface area contributed by atoms with Crippen molar-refractivity contribution in [3.05, 3.63) is 23.3 Å². The van der Waals surface area contributed by atoms with Crippen LogP contribution in [-0.4, -0.2) is 23.8 Å². The predicted octanol–water partition coefficient (Wildman–Crippen LogP) is 4.41. The molecule has 0 aromatic heterocycles. The van der Waals surface area contributed by atoms with E-state index in [1.165, 1.54) is 12.7 Å². The van der Waals surface area contributed by atoms with Crippen LogP contribution in [0.25, 0.3) is 0 Å². The third-order valence-electron chi connectivity index (χ3n) is 7.44. The van der Waals surface area contributed by atoms with E-state index >= 15 is 0 Å². The SMILES string of the molecule is COC(=O)[C@]1(C)CCC[C@@]2(C)C1CC=C1C=C(C(C)C)CC[C@@]12O. The molecule has 3 nitrogen and oxygen atoms in total. The molecule has 1 unspecified atom stereocenters. The first-order valence-corrected chi connectivity index (χ1v) is 9.41. The van der Waals surface area contributed by atoms with E-state index in [0.717, 1.165) is 44.1 Å². The highest BCUT2D eigenvalue weighted by Crippen LogP contribution is 2.63. The number of esters is 1. The number of allylic oxidation sites excluding steroid dienone is 2. The summed E-state index contributed by atoms with van der Waals surface area (Å²) in [5.74, 6) is 0.537. The number of ether oxygens (including phenoxy) is 1. The van der Waals surface area contributed by atoms with Crippen LogP contribution in [0, 0.1) is 22.7 Å². The summed E-state index contributed by atoms with van der Waals surface area (Å²) >= 11 is 0. The van der Waals surface area contributed by atoms with Crippen LogP contribution in [0.5, 0.6) is 0 Å². The van der Waals surface area contributed by atoms with E-state index in [1.807, 2.05) is 6.92 Å². The Balaban J connectivity index is 2.07. The highest BCUT2D eigenvalue weighted by atomic mass is 16.5. The van der Waals surface area contributed by atoms with Gasteiger partial charge in [0, 0.05) is 5.41 Å². The second-order valence-electron chi connectivity index (χ2n) is 8.86. The van der Waals surface area contributed by atoms with Crippen molar-refractivity contribution in [1.29, 1.82) is 0 Å². The van der Waals surface area contributed by atoms with Gasteiger partial charge in [-0.25, -0.2) is 0 Å². The van der Waals surface area contributed by atoms with E-state index in [9.17, 15) is 9.90 Å². The third-order valence-corrected chi connectivity index (χ3v) is 7.44. The van der Waals surface area contributed by atoms with Gasteiger partial charge in [0.25, 0.3) is 0 Å².